The number of amides is 1. The van der Waals surface area contributed by atoms with Gasteiger partial charge in [0.2, 0.25) is 11.7 Å². The van der Waals surface area contributed by atoms with Gasteiger partial charge in [-0.1, -0.05) is 13.8 Å². The summed E-state index contributed by atoms with van der Waals surface area (Å²) in [5, 5.41) is 39.0. The normalized spacial score (nSPS) is 40.5. The fourth-order valence-electron chi connectivity index (χ4n) is 3.25. The summed E-state index contributed by atoms with van der Waals surface area (Å²) >= 11 is 0. The molecule has 7 heteroatoms. The van der Waals surface area contributed by atoms with Gasteiger partial charge < -0.3 is 30.1 Å². The van der Waals surface area contributed by atoms with Crippen LogP contribution in [0.4, 0.5) is 0 Å². The lowest BCUT2D eigenvalue weighted by Crippen LogP contribution is -2.52. The van der Waals surface area contributed by atoms with Crippen molar-refractivity contribution < 1.29 is 30.0 Å². The van der Waals surface area contributed by atoms with Crippen LogP contribution in [0.15, 0.2) is 0 Å². The molecular weight excluding hydrogens is 278 g/mol. The van der Waals surface area contributed by atoms with Gasteiger partial charge in [0.15, 0.2) is 0 Å². The Balaban J connectivity index is 1.99. The van der Waals surface area contributed by atoms with Gasteiger partial charge in [-0.05, 0) is 18.3 Å². The molecule has 1 amide bonds. The number of ether oxygens (including phenoxy) is 1. The summed E-state index contributed by atoms with van der Waals surface area (Å²) in [6.07, 6.45) is -2.62. The van der Waals surface area contributed by atoms with Gasteiger partial charge in [0, 0.05) is 13.0 Å². The monoisotopic (exact) mass is 303 g/mol. The number of carbonyl (C=O) groups excluding carboxylic acids is 1. The third kappa shape index (κ3) is 3.37. The predicted molar refractivity (Wildman–Crippen MR) is 73.1 cm³/mol. The van der Waals surface area contributed by atoms with E-state index in [1.165, 1.54) is 4.90 Å². The zero-order valence-corrected chi connectivity index (χ0v) is 12.5. The fraction of sp³-hybridized carbons (Fsp3) is 0.929. The van der Waals surface area contributed by atoms with Gasteiger partial charge >= 0.3 is 0 Å². The lowest BCUT2D eigenvalue weighted by molar-refractivity contribution is -0.237. The number of likely N-dealkylation sites (tertiary alicyclic amines) is 1. The molecule has 2 aliphatic rings. The molecule has 0 radical (unpaired) electrons. The number of aliphatic hydroxyl groups excluding tert-OH is 3. The number of carbonyl (C=O) groups is 1. The summed E-state index contributed by atoms with van der Waals surface area (Å²) in [6, 6.07) is 0. The van der Waals surface area contributed by atoms with E-state index in [2.05, 4.69) is 13.8 Å². The maximum absolute atomic E-state index is 12.0. The van der Waals surface area contributed by atoms with Crippen LogP contribution in [0.1, 0.15) is 26.7 Å². The number of hydrogen-bond acceptors (Lipinski definition) is 6. The van der Waals surface area contributed by atoms with E-state index in [4.69, 9.17) is 9.84 Å². The molecule has 0 aromatic rings. The minimum Gasteiger partial charge on any atom is -0.394 e. The van der Waals surface area contributed by atoms with Crippen molar-refractivity contribution in [2.24, 2.45) is 11.8 Å². The van der Waals surface area contributed by atoms with E-state index in [0.29, 0.717) is 18.9 Å². The van der Waals surface area contributed by atoms with Crippen LogP contribution in [0.5, 0.6) is 0 Å². The van der Waals surface area contributed by atoms with Crippen LogP contribution in [-0.2, 0) is 9.53 Å². The van der Waals surface area contributed by atoms with Crippen LogP contribution >= 0.6 is 0 Å². The Morgan fingerprint density at radius 3 is 2.62 bits per heavy atom. The Kier molecular flexibility index (Phi) is 4.89. The fourth-order valence-corrected chi connectivity index (χ4v) is 3.25. The van der Waals surface area contributed by atoms with Crippen molar-refractivity contribution in [3.63, 3.8) is 0 Å². The van der Waals surface area contributed by atoms with E-state index in [1.807, 2.05) is 0 Å². The average Bonchev–Trinajstić information content (AvgIpc) is 2.82. The quantitative estimate of drug-likeness (QED) is 0.501. The van der Waals surface area contributed by atoms with E-state index in [0.717, 1.165) is 6.42 Å². The number of β-amino-alcohol motifs (C(OH)–C–C–N with tert-alkyl or cyclic N) is 1. The van der Waals surface area contributed by atoms with Crippen LogP contribution < -0.4 is 0 Å². The Morgan fingerprint density at radius 2 is 2.10 bits per heavy atom. The number of nitrogens with zero attached hydrogens (tertiary/aromatic N) is 1. The van der Waals surface area contributed by atoms with E-state index in [9.17, 15) is 20.1 Å². The molecule has 0 aromatic carbocycles. The van der Waals surface area contributed by atoms with Crippen molar-refractivity contribution in [2.45, 2.75) is 50.8 Å². The van der Waals surface area contributed by atoms with E-state index in [-0.39, 0.29) is 18.4 Å². The molecule has 2 fully saturated rings. The Hall–Kier alpha value is -0.730. The predicted octanol–water partition coefficient (Wildman–Crippen LogP) is -1.32. The highest BCUT2D eigenvalue weighted by molar-refractivity contribution is 5.78. The summed E-state index contributed by atoms with van der Waals surface area (Å²) in [4.78, 5) is 13.5. The zero-order chi connectivity index (χ0) is 15.8. The number of aliphatic hydroxyl groups is 4. The summed E-state index contributed by atoms with van der Waals surface area (Å²) in [5.41, 5.74) is 0. The van der Waals surface area contributed by atoms with Gasteiger partial charge in [0.1, 0.15) is 18.3 Å². The van der Waals surface area contributed by atoms with Crippen LogP contribution in [-0.4, -0.2) is 75.0 Å². The van der Waals surface area contributed by atoms with Gasteiger partial charge in [-0.2, -0.15) is 0 Å². The van der Waals surface area contributed by atoms with Gasteiger partial charge in [-0.3, -0.25) is 4.79 Å². The highest BCUT2D eigenvalue weighted by Gasteiger charge is 2.54. The first-order chi connectivity index (χ1) is 9.76. The van der Waals surface area contributed by atoms with Crippen LogP contribution in [0.25, 0.3) is 0 Å². The lowest BCUT2D eigenvalue weighted by atomic mass is 9.96. The molecule has 2 rings (SSSR count). The SMILES string of the molecule is CC(C)C[C@H]1CC(=O)N(CC2(O)OC(CO)C(O)C2O)C1. The third-order valence-electron chi connectivity index (χ3n) is 4.22. The molecule has 5 atom stereocenters. The van der Waals surface area contributed by atoms with Crippen LogP contribution in [0, 0.1) is 11.8 Å². The minimum atomic E-state index is -2.03. The van der Waals surface area contributed by atoms with Crippen LogP contribution in [0.2, 0.25) is 0 Å². The molecule has 4 unspecified atom stereocenters. The highest BCUT2D eigenvalue weighted by atomic mass is 16.7. The molecular formula is C14H25NO6. The molecule has 122 valence electrons. The van der Waals surface area contributed by atoms with E-state index < -0.39 is 30.7 Å². The second-order valence-corrected chi connectivity index (χ2v) is 6.59. The summed E-state index contributed by atoms with van der Waals surface area (Å²) in [5.74, 6) is -1.40. The molecule has 0 spiro atoms. The topological polar surface area (TPSA) is 110 Å². The molecule has 2 saturated heterocycles. The first kappa shape index (κ1) is 16.6. The van der Waals surface area contributed by atoms with Crippen molar-refractivity contribution in [3.05, 3.63) is 0 Å². The number of rotatable bonds is 5. The largest absolute Gasteiger partial charge is 0.394 e. The Bertz CT molecular complexity index is 390. The maximum atomic E-state index is 12.0. The average molecular weight is 303 g/mol. The molecule has 0 saturated carbocycles. The van der Waals surface area contributed by atoms with Gasteiger partial charge in [0.05, 0.1) is 13.2 Å². The van der Waals surface area contributed by atoms with Crippen LogP contribution in [0.3, 0.4) is 0 Å². The summed E-state index contributed by atoms with van der Waals surface area (Å²) in [7, 11) is 0. The summed E-state index contributed by atoms with van der Waals surface area (Å²) < 4.78 is 5.16. The molecule has 21 heavy (non-hydrogen) atoms. The standard InChI is InChI=1S/C14H25NO6/c1-8(2)3-9-4-11(17)15(5-9)7-14(20)13(19)12(18)10(6-16)21-14/h8-10,12-13,16,18-20H,3-7H2,1-2H3/t9-,10?,12?,13?,14?/m0/s1. The molecule has 0 bridgehead atoms. The van der Waals surface area contributed by atoms with Crippen molar-refractivity contribution >= 4 is 5.91 Å². The Labute approximate surface area is 124 Å². The molecule has 7 nitrogen and oxygen atoms in total. The van der Waals surface area contributed by atoms with Gasteiger partial charge in [0.25, 0.3) is 0 Å². The maximum Gasteiger partial charge on any atom is 0.223 e. The van der Waals surface area contributed by atoms with E-state index >= 15 is 0 Å². The highest BCUT2D eigenvalue weighted by Crippen LogP contribution is 2.32. The number of hydrogen-bond donors (Lipinski definition) is 4. The zero-order valence-electron chi connectivity index (χ0n) is 12.5. The molecule has 2 aliphatic heterocycles. The molecule has 2 heterocycles. The molecule has 0 aromatic heterocycles. The van der Waals surface area contributed by atoms with Crippen molar-refractivity contribution in [2.75, 3.05) is 19.7 Å². The van der Waals surface area contributed by atoms with E-state index in [1.54, 1.807) is 0 Å². The Morgan fingerprint density at radius 1 is 1.43 bits per heavy atom. The molecule has 4 N–H and O–H groups in total. The summed E-state index contributed by atoms with van der Waals surface area (Å²) in [6.45, 7) is 3.98. The minimum absolute atomic E-state index is 0.0909. The first-order valence-corrected chi connectivity index (χ1v) is 7.41. The second-order valence-electron chi connectivity index (χ2n) is 6.59. The van der Waals surface area contributed by atoms with Crippen molar-refractivity contribution in [1.29, 1.82) is 0 Å². The van der Waals surface area contributed by atoms with Gasteiger partial charge in [-0.15, -0.1) is 0 Å². The van der Waals surface area contributed by atoms with Crippen molar-refractivity contribution in [3.8, 4) is 0 Å². The van der Waals surface area contributed by atoms with Crippen molar-refractivity contribution in [1.82, 2.24) is 4.90 Å². The lowest BCUT2D eigenvalue weighted by Gasteiger charge is -2.31. The third-order valence-corrected chi connectivity index (χ3v) is 4.22. The molecule has 0 aliphatic carbocycles. The smallest absolute Gasteiger partial charge is 0.223 e. The second kappa shape index (κ2) is 6.18. The first-order valence-electron chi connectivity index (χ1n) is 7.41. The van der Waals surface area contributed by atoms with Gasteiger partial charge in [-0.25, -0.2) is 0 Å².